The van der Waals surface area contributed by atoms with Crippen LogP contribution in [-0.4, -0.2) is 49.4 Å². The fourth-order valence-electron chi connectivity index (χ4n) is 1.88. The average molecular weight is 365 g/mol. The molecule has 0 aliphatic heterocycles. The van der Waals surface area contributed by atoms with Gasteiger partial charge in [0.15, 0.2) is 5.69 Å². The molecule has 0 bridgehead atoms. The van der Waals surface area contributed by atoms with Crippen LogP contribution in [0.3, 0.4) is 0 Å². The van der Waals surface area contributed by atoms with Gasteiger partial charge in [0, 0.05) is 13.7 Å². The second-order valence-corrected chi connectivity index (χ2v) is 5.27. The lowest BCUT2D eigenvalue weighted by molar-refractivity contribution is 0.0600. The molecule has 0 fully saturated rings. The normalized spacial score (nSPS) is 10.2. The molecule has 2 aromatic rings. The number of carbonyl (C=O) groups excluding carboxylic acids is 2. The molecule has 0 saturated carbocycles. The van der Waals surface area contributed by atoms with Crippen molar-refractivity contribution in [3.8, 4) is 0 Å². The molecule has 9 heteroatoms. The van der Waals surface area contributed by atoms with E-state index in [1.165, 1.54) is 31.4 Å². The van der Waals surface area contributed by atoms with Gasteiger partial charge in [-0.25, -0.2) is 4.79 Å². The summed E-state index contributed by atoms with van der Waals surface area (Å²) in [6.07, 6.45) is 0. The van der Waals surface area contributed by atoms with Crippen molar-refractivity contribution in [3.63, 3.8) is 0 Å². The Morgan fingerprint density at radius 2 is 1.96 bits per heavy atom. The lowest BCUT2D eigenvalue weighted by atomic mass is 10.2. The van der Waals surface area contributed by atoms with Gasteiger partial charge in [0.05, 0.1) is 30.0 Å². The molecular formula is C16H17ClN4O4. The van der Waals surface area contributed by atoms with Crippen LogP contribution in [0.5, 0.6) is 0 Å². The standard InChI is InChI=1S/C16H17ClN4O4/c1-24-8-7-18-14-6-5-12(20-21-14)15(22)19-13-9-10(16(23)25-2)3-4-11(13)17/h3-6,9H,7-8H2,1-2H3,(H,18,21)(H,19,22). The highest BCUT2D eigenvalue weighted by Gasteiger charge is 2.13. The molecule has 1 heterocycles. The fraction of sp³-hybridized carbons (Fsp3) is 0.250. The number of methoxy groups -OCH3 is 2. The Hall–Kier alpha value is -2.71. The highest BCUT2D eigenvalue weighted by atomic mass is 35.5. The number of halogens is 1. The molecule has 1 aromatic heterocycles. The summed E-state index contributed by atoms with van der Waals surface area (Å²) in [5.74, 6) is -0.502. The van der Waals surface area contributed by atoms with Gasteiger partial charge in [-0.2, -0.15) is 0 Å². The van der Waals surface area contributed by atoms with Crippen molar-refractivity contribution in [2.24, 2.45) is 0 Å². The van der Waals surface area contributed by atoms with Crippen LogP contribution in [0.4, 0.5) is 11.5 Å². The first-order valence-electron chi connectivity index (χ1n) is 7.31. The van der Waals surface area contributed by atoms with Gasteiger partial charge in [-0.1, -0.05) is 11.6 Å². The first kappa shape index (κ1) is 18.6. The van der Waals surface area contributed by atoms with Crippen molar-refractivity contribution in [1.82, 2.24) is 10.2 Å². The van der Waals surface area contributed by atoms with Crippen molar-refractivity contribution in [2.45, 2.75) is 0 Å². The molecule has 2 N–H and O–H groups in total. The van der Waals surface area contributed by atoms with E-state index in [0.717, 1.165) is 0 Å². The highest BCUT2D eigenvalue weighted by molar-refractivity contribution is 6.34. The smallest absolute Gasteiger partial charge is 0.337 e. The fourth-order valence-corrected chi connectivity index (χ4v) is 2.05. The zero-order chi connectivity index (χ0) is 18.2. The van der Waals surface area contributed by atoms with Crippen molar-refractivity contribution in [2.75, 3.05) is 38.0 Å². The number of carbonyl (C=O) groups is 2. The largest absolute Gasteiger partial charge is 0.465 e. The maximum atomic E-state index is 12.3. The molecule has 0 spiro atoms. The Kier molecular flexibility index (Phi) is 6.67. The predicted octanol–water partition coefficient (Wildman–Crippen LogP) is 2.23. The van der Waals surface area contributed by atoms with E-state index in [1.807, 2.05) is 0 Å². The maximum Gasteiger partial charge on any atom is 0.337 e. The van der Waals surface area contributed by atoms with E-state index in [4.69, 9.17) is 16.3 Å². The van der Waals surface area contributed by atoms with Crippen LogP contribution in [0, 0.1) is 0 Å². The molecule has 0 radical (unpaired) electrons. The summed E-state index contributed by atoms with van der Waals surface area (Å²) in [7, 11) is 2.87. The Balaban J connectivity index is 2.07. The van der Waals surface area contributed by atoms with Gasteiger partial charge in [-0.3, -0.25) is 4.79 Å². The third-order valence-corrected chi connectivity index (χ3v) is 3.47. The number of esters is 1. The third-order valence-electron chi connectivity index (χ3n) is 3.15. The van der Waals surface area contributed by atoms with E-state index < -0.39 is 11.9 Å². The van der Waals surface area contributed by atoms with Gasteiger partial charge in [0.1, 0.15) is 5.82 Å². The number of anilines is 2. The summed E-state index contributed by atoms with van der Waals surface area (Å²) in [4.78, 5) is 23.8. The number of nitrogens with one attached hydrogen (secondary N) is 2. The minimum absolute atomic E-state index is 0.108. The lowest BCUT2D eigenvalue weighted by Crippen LogP contribution is -2.16. The van der Waals surface area contributed by atoms with Crippen LogP contribution >= 0.6 is 11.6 Å². The lowest BCUT2D eigenvalue weighted by Gasteiger charge is -2.09. The van der Waals surface area contributed by atoms with Gasteiger partial charge < -0.3 is 20.1 Å². The molecule has 2 rings (SSSR count). The summed E-state index contributed by atoms with van der Waals surface area (Å²) >= 11 is 6.05. The van der Waals surface area contributed by atoms with E-state index in [2.05, 4.69) is 25.6 Å². The summed E-state index contributed by atoms with van der Waals surface area (Å²) in [6.45, 7) is 1.10. The van der Waals surface area contributed by atoms with Crippen LogP contribution in [0.1, 0.15) is 20.8 Å². The summed E-state index contributed by atoms with van der Waals surface area (Å²) in [5.41, 5.74) is 0.654. The zero-order valence-corrected chi connectivity index (χ0v) is 14.5. The van der Waals surface area contributed by atoms with E-state index in [9.17, 15) is 9.59 Å². The first-order valence-corrected chi connectivity index (χ1v) is 7.68. The molecule has 0 atom stereocenters. The van der Waals surface area contributed by atoms with Gasteiger partial charge in [0.25, 0.3) is 5.91 Å². The van der Waals surface area contributed by atoms with Crippen LogP contribution in [0.15, 0.2) is 30.3 Å². The molecule has 0 unspecified atom stereocenters. The van der Waals surface area contributed by atoms with Crippen LogP contribution in [-0.2, 0) is 9.47 Å². The van der Waals surface area contributed by atoms with Crippen molar-refractivity contribution in [3.05, 3.63) is 46.6 Å². The Bertz CT molecular complexity index is 752. The molecule has 132 valence electrons. The van der Waals surface area contributed by atoms with Gasteiger partial charge in [0.2, 0.25) is 0 Å². The van der Waals surface area contributed by atoms with Crippen LogP contribution in [0.25, 0.3) is 0 Å². The Morgan fingerprint density at radius 3 is 2.60 bits per heavy atom. The van der Waals surface area contributed by atoms with Crippen LogP contribution < -0.4 is 10.6 Å². The quantitative estimate of drug-likeness (QED) is 0.573. The Labute approximate surface area is 149 Å². The molecule has 0 aliphatic carbocycles. The number of nitrogens with zero attached hydrogens (tertiary/aromatic N) is 2. The molecule has 0 aliphatic rings. The summed E-state index contributed by atoms with van der Waals surface area (Å²) in [6, 6.07) is 7.59. The number of rotatable bonds is 7. The molecule has 1 aromatic carbocycles. The van der Waals surface area contributed by atoms with Crippen LogP contribution in [0.2, 0.25) is 5.02 Å². The SMILES string of the molecule is COCCNc1ccc(C(=O)Nc2cc(C(=O)OC)ccc2Cl)nn1. The van der Waals surface area contributed by atoms with Crippen molar-refractivity contribution < 1.29 is 19.1 Å². The number of ether oxygens (including phenoxy) is 2. The topological polar surface area (TPSA) is 102 Å². The number of hydrogen-bond donors (Lipinski definition) is 2. The molecular weight excluding hydrogens is 348 g/mol. The van der Waals surface area contributed by atoms with E-state index in [0.29, 0.717) is 19.0 Å². The minimum Gasteiger partial charge on any atom is -0.465 e. The number of hydrogen-bond acceptors (Lipinski definition) is 7. The monoisotopic (exact) mass is 364 g/mol. The highest BCUT2D eigenvalue weighted by Crippen LogP contribution is 2.24. The molecule has 8 nitrogen and oxygen atoms in total. The van der Waals surface area contributed by atoms with E-state index in [1.54, 1.807) is 13.2 Å². The second-order valence-electron chi connectivity index (χ2n) is 4.86. The number of amides is 1. The minimum atomic E-state index is -0.529. The molecule has 25 heavy (non-hydrogen) atoms. The summed E-state index contributed by atoms with van der Waals surface area (Å²) < 4.78 is 9.56. The first-order chi connectivity index (χ1) is 12.0. The van der Waals surface area contributed by atoms with Gasteiger partial charge >= 0.3 is 5.97 Å². The average Bonchev–Trinajstić information content (AvgIpc) is 2.63. The Morgan fingerprint density at radius 1 is 1.16 bits per heavy atom. The zero-order valence-electron chi connectivity index (χ0n) is 13.7. The van der Waals surface area contributed by atoms with E-state index in [-0.39, 0.29) is 22.0 Å². The van der Waals surface area contributed by atoms with Gasteiger partial charge in [-0.05, 0) is 30.3 Å². The maximum absolute atomic E-state index is 12.3. The van der Waals surface area contributed by atoms with Crippen molar-refractivity contribution in [1.29, 1.82) is 0 Å². The molecule has 1 amide bonds. The number of benzene rings is 1. The second kappa shape index (κ2) is 8.95. The van der Waals surface area contributed by atoms with E-state index >= 15 is 0 Å². The molecule has 0 saturated heterocycles. The van der Waals surface area contributed by atoms with Gasteiger partial charge in [-0.15, -0.1) is 10.2 Å². The number of aromatic nitrogens is 2. The third kappa shape index (κ3) is 5.13. The summed E-state index contributed by atoms with van der Waals surface area (Å²) in [5, 5.41) is 13.6. The van der Waals surface area contributed by atoms with Crippen molar-refractivity contribution >= 4 is 35.0 Å². The predicted molar refractivity (Wildman–Crippen MR) is 93.1 cm³/mol.